The van der Waals surface area contributed by atoms with Gasteiger partial charge in [-0.25, -0.2) is 5.43 Å². The zero-order valence-corrected chi connectivity index (χ0v) is 15.2. The molecular weight excluding hydrogens is 374 g/mol. The second kappa shape index (κ2) is 7.92. The Labute approximate surface area is 148 Å². The minimum atomic E-state index is -0.543. The highest BCUT2D eigenvalue weighted by molar-refractivity contribution is 9.10. The molecule has 2 rings (SSSR count). The Balaban J connectivity index is 2.12. The van der Waals surface area contributed by atoms with Gasteiger partial charge in [-0.1, -0.05) is 0 Å². The minimum Gasteiger partial charge on any atom is -0.496 e. The number of nitrogens with zero attached hydrogens (tertiary/aromatic N) is 2. The van der Waals surface area contributed by atoms with Gasteiger partial charge in [0.1, 0.15) is 11.3 Å². The largest absolute Gasteiger partial charge is 0.496 e. The van der Waals surface area contributed by atoms with Crippen molar-refractivity contribution in [2.75, 3.05) is 7.11 Å². The summed E-state index contributed by atoms with van der Waals surface area (Å²) in [5, 5.41) is 3.90. The summed E-state index contributed by atoms with van der Waals surface area (Å²) >= 11 is 3.38. The van der Waals surface area contributed by atoms with E-state index in [9.17, 15) is 9.59 Å². The van der Waals surface area contributed by atoms with Gasteiger partial charge in [-0.05, 0) is 65.7 Å². The highest BCUT2D eigenvalue weighted by Crippen LogP contribution is 2.24. The highest BCUT2D eigenvalue weighted by atomic mass is 79.9. The maximum absolute atomic E-state index is 12.2. The van der Waals surface area contributed by atoms with Crippen LogP contribution in [-0.4, -0.2) is 23.8 Å². The van der Waals surface area contributed by atoms with Crippen LogP contribution in [-0.2, 0) is 0 Å². The number of carbonyl (C=O) groups excluding carboxylic acids is 1. The number of carbonyl (C=O) groups is 1. The van der Waals surface area contributed by atoms with Gasteiger partial charge < -0.3 is 9.30 Å². The van der Waals surface area contributed by atoms with Crippen LogP contribution in [0.25, 0.3) is 0 Å². The second-order valence-electron chi connectivity index (χ2n) is 5.32. The molecule has 0 spiro atoms. The number of benzene rings is 1. The Hall–Kier alpha value is -2.41. The molecule has 0 saturated heterocycles. The summed E-state index contributed by atoms with van der Waals surface area (Å²) in [6.07, 6.45) is 3.15. The highest BCUT2D eigenvalue weighted by Gasteiger charge is 2.12. The van der Waals surface area contributed by atoms with Gasteiger partial charge in [-0.3, -0.25) is 9.59 Å². The number of nitrogens with one attached hydrogen (secondary N) is 1. The van der Waals surface area contributed by atoms with Gasteiger partial charge in [-0.2, -0.15) is 5.10 Å². The third-order valence-corrected chi connectivity index (χ3v) is 3.95. The van der Waals surface area contributed by atoms with Gasteiger partial charge in [0.25, 0.3) is 11.5 Å². The molecule has 0 unspecified atom stereocenters. The Kier molecular flexibility index (Phi) is 5.92. The van der Waals surface area contributed by atoms with Crippen LogP contribution in [0, 0.1) is 0 Å². The first-order chi connectivity index (χ1) is 11.4. The number of pyridine rings is 1. The van der Waals surface area contributed by atoms with Gasteiger partial charge in [0.05, 0.1) is 17.8 Å². The number of halogens is 1. The minimum absolute atomic E-state index is 0.0228. The average molecular weight is 392 g/mol. The van der Waals surface area contributed by atoms with E-state index in [2.05, 4.69) is 26.5 Å². The van der Waals surface area contributed by atoms with E-state index in [1.54, 1.807) is 31.5 Å². The van der Waals surface area contributed by atoms with Gasteiger partial charge in [0.2, 0.25) is 0 Å². The van der Waals surface area contributed by atoms with Crippen LogP contribution in [0.3, 0.4) is 0 Å². The van der Waals surface area contributed by atoms with Crippen molar-refractivity contribution in [2.45, 2.75) is 19.9 Å². The smallest absolute Gasteiger partial charge is 0.276 e. The van der Waals surface area contributed by atoms with Crippen LogP contribution in [0.15, 0.2) is 50.9 Å². The van der Waals surface area contributed by atoms with Crippen molar-refractivity contribution in [1.29, 1.82) is 0 Å². The lowest BCUT2D eigenvalue weighted by molar-refractivity contribution is 0.0953. The summed E-state index contributed by atoms with van der Waals surface area (Å²) in [7, 11) is 1.58. The first kappa shape index (κ1) is 17.9. The molecular formula is C17H18BrN3O3. The number of hydrogen-bond acceptors (Lipinski definition) is 4. The van der Waals surface area contributed by atoms with E-state index < -0.39 is 5.91 Å². The topological polar surface area (TPSA) is 72.7 Å². The first-order valence-corrected chi connectivity index (χ1v) is 8.11. The number of hydrazone groups is 1. The molecule has 0 fully saturated rings. The number of ether oxygens (including phenoxy) is 1. The molecule has 0 aliphatic heterocycles. The molecule has 0 saturated carbocycles. The van der Waals surface area contributed by atoms with Crippen molar-refractivity contribution in [3.63, 3.8) is 0 Å². The number of methoxy groups -OCH3 is 1. The summed E-state index contributed by atoms with van der Waals surface area (Å²) < 4.78 is 7.43. The van der Waals surface area contributed by atoms with E-state index in [-0.39, 0.29) is 17.2 Å². The molecule has 24 heavy (non-hydrogen) atoms. The van der Waals surface area contributed by atoms with Crippen molar-refractivity contribution < 1.29 is 9.53 Å². The molecule has 1 heterocycles. The summed E-state index contributed by atoms with van der Waals surface area (Å²) in [4.78, 5) is 24.4. The number of aromatic nitrogens is 1. The molecule has 0 bridgehead atoms. The fourth-order valence-electron chi connectivity index (χ4n) is 2.08. The SMILES string of the molecule is COc1ccc(/C=N\NC(=O)c2cccn(C(C)C)c2=O)cc1Br. The summed E-state index contributed by atoms with van der Waals surface area (Å²) in [5.74, 6) is 0.161. The monoisotopic (exact) mass is 391 g/mol. The first-order valence-electron chi connectivity index (χ1n) is 7.32. The van der Waals surface area contributed by atoms with Crippen LogP contribution < -0.4 is 15.7 Å². The maximum atomic E-state index is 12.2. The third kappa shape index (κ3) is 4.11. The molecule has 6 nitrogen and oxygen atoms in total. The van der Waals surface area contributed by atoms with Crippen LogP contribution in [0.1, 0.15) is 35.8 Å². The molecule has 7 heteroatoms. The Morgan fingerprint density at radius 2 is 2.12 bits per heavy atom. The molecule has 2 aromatic rings. The van der Waals surface area contributed by atoms with Gasteiger partial charge in [0.15, 0.2) is 0 Å². The normalized spacial score (nSPS) is 11.0. The average Bonchev–Trinajstić information content (AvgIpc) is 2.54. The standard InChI is InChI=1S/C17H18BrN3O3/c1-11(2)21-8-4-5-13(17(21)23)16(22)20-19-10-12-6-7-15(24-3)14(18)9-12/h4-11H,1-3H3,(H,20,22)/b19-10-. The van der Waals surface area contributed by atoms with Gasteiger partial charge in [0, 0.05) is 12.2 Å². The molecule has 0 atom stereocenters. The van der Waals surface area contributed by atoms with Crippen molar-refractivity contribution in [1.82, 2.24) is 9.99 Å². The van der Waals surface area contributed by atoms with E-state index in [1.165, 1.54) is 16.8 Å². The Bertz CT molecular complexity index is 828. The van der Waals surface area contributed by atoms with Crippen molar-refractivity contribution in [3.8, 4) is 5.75 Å². The molecule has 1 amide bonds. The Morgan fingerprint density at radius 1 is 1.38 bits per heavy atom. The quantitative estimate of drug-likeness (QED) is 0.628. The summed E-state index contributed by atoms with van der Waals surface area (Å²) in [6.45, 7) is 3.76. The van der Waals surface area contributed by atoms with Crippen molar-refractivity contribution >= 4 is 28.1 Å². The fraction of sp³-hybridized carbons (Fsp3) is 0.235. The van der Waals surface area contributed by atoms with E-state index in [4.69, 9.17) is 4.74 Å². The van der Waals surface area contributed by atoms with Crippen LogP contribution in [0.2, 0.25) is 0 Å². The molecule has 1 aromatic heterocycles. The van der Waals surface area contributed by atoms with Gasteiger partial charge >= 0.3 is 0 Å². The molecule has 0 radical (unpaired) electrons. The molecule has 1 N–H and O–H groups in total. The van der Waals surface area contributed by atoms with Crippen LogP contribution in [0.5, 0.6) is 5.75 Å². The maximum Gasteiger partial charge on any atom is 0.276 e. The van der Waals surface area contributed by atoms with Crippen LogP contribution in [0.4, 0.5) is 0 Å². The summed E-state index contributed by atoms with van der Waals surface area (Å²) in [5.41, 5.74) is 2.86. The van der Waals surface area contributed by atoms with Crippen LogP contribution >= 0.6 is 15.9 Å². The third-order valence-electron chi connectivity index (χ3n) is 3.33. The molecule has 126 valence electrons. The van der Waals surface area contributed by atoms with E-state index in [1.807, 2.05) is 19.9 Å². The number of rotatable bonds is 5. The predicted octanol–water partition coefficient (Wildman–Crippen LogP) is 2.96. The predicted molar refractivity (Wildman–Crippen MR) is 96.8 cm³/mol. The zero-order chi connectivity index (χ0) is 17.7. The summed E-state index contributed by atoms with van der Waals surface area (Å²) in [6, 6.07) is 8.52. The van der Waals surface area contributed by atoms with Crippen molar-refractivity contribution in [2.24, 2.45) is 5.10 Å². The second-order valence-corrected chi connectivity index (χ2v) is 6.18. The van der Waals surface area contributed by atoms with Crippen molar-refractivity contribution in [3.05, 3.63) is 62.5 Å². The number of amides is 1. The van der Waals surface area contributed by atoms with E-state index >= 15 is 0 Å². The van der Waals surface area contributed by atoms with E-state index in [0.29, 0.717) is 5.75 Å². The lowest BCUT2D eigenvalue weighted by atomic mass is 10.2. The molecule has 0 aliphatic rings. The molecule has 1 aromatic carbocycles. The molecule has 0 aliphatic carbocycles. The fourth-order valence-corrected chi connectivity index (χ4v) is 2.64. The Morgan fingerprint density at radius 3 is 2.75 bits per heavy atom. The zero-order valence-electron chi connectivity index (χ0n) is 13.6. The van der Waals surface area contributed by atoms with E-state index in [0.717, 1.165) is 10.0 Å². The van der Waals surface area contributed by atoms with Gasteiger partial charge in [-0.15, -0.1) is 0 Å². The lowest BCUT2D eigenvalue weighted by Gasteiger charge is -2.10. The lowest BCUT2D eigenvalue weighted by Crippen LogP contribution is -2.31. The number of hydrogen-bond donors (Lipinski definition) is 1.